The van der Waals surface area contributed by atoms with E-state index in [1.54, 1.807) is 6.07 Å². The van der Waals surface area contributed by atoms with Crippen LogP contribution in [0.2, 0.25) is 5.02 Å². The zero-order valence-corrected chi connectivity index (χ0v) is 12.5. The maximum Gasteiger partial charge on any atom is 0.416 e. The number of alkyl halides is 3. The van der Waals surface area contributed by atoms with Crippen LogP contribution in [0, 0.1) is 0 Å². The molecule has 2 nitrogen and oxygen atoms in total. The van der Waals surface area contributed by atoms with Gasteiger partial charge >= 0.3 is 6.18 Å². The predicted molar refractivity (Wildman–Crippen MR) is 77.7 cm³/mol. The van der Waals surface area contributed by atoms with Crippen LogP contribution in [0.15, 0.2) is 18.2 Å². The fourth-order valence-corrected chi connectivity index (χ4v) is 3.84. The van der Waals surface area contributed by atoms with Crippen molar-refractivity contribution in [3.05, 3.63) is 28.8 Å². The molecule has 2 fully saturated rings. The van der Waals surface area contributed by atoms with Gasteiger partial charge in [-0.05, 0) is 50.9 Å². The normalized spacial score (nSPS) is 29.7. The van der Waals surface area contributed by atoms with Crippen LogP contribution in [-0.2, 0) is 6.18 Å². The second kappa shape index (κ2) is 5.36. The first kappa shape index (κ1) is 15.0. The van der Waals surface area contributed by atoms with Gasteiger partial charge in [0.25, 0.3) is 0 Å². The summed E-state index contributed by atoms with van der Waals surface area (Å²) >= 11 is 5.82. The van der Waals surface area contributed by atoms with Crippen molar-refractivity contribution in [3.8, 4) is 0 Å². The monoisotopic (exact) mass is 318 g/mol. The molecule has 2 aliphatic heterocycles. The standard InChI is InChI=1S/C15H18ClF3N2/c1-21-13-2-3-14(21)8-12(7-13)20-11-5-9(15(17,18)19)4-10(16)6-11/h4-6,12-14,20H,2-3,7-8H2,1H3. The van der Waals surface area contributed by atoms with Gasteiger partial charge in [-0.25, -0.2) is 0 Å². The highest BCUT2D eigenvalue weighted by molar-refractivity contribution is 6.30. The summed E-state index contributed by atoms with van der Waals surface area (Å²) in [6.45, 7) is 0. The molecule has 2 atom stereocenters. The Morgan fingerprint density at radius 1 is 1.14 bits per heavy atom. The van der Waals surface area contributed by atoms with E-state index < -0.39 is 11.7 Å². The molecular formula is C15H18ClF3N2. The largest absolute Gasteiger partial charge is 0.416 e. The number of anilines is 1. The average Bonchev–Trinajstić information content (AvgIpc) is 2.60. The molecule has 0 aliphatic carbocycles. The maximum absolute atomic E-state index is 12.8. The van der Waals surface area contributed by atoms with Crippen molar-refractivity contribution >= 4 is 17.3 Å². The number of hydrogen-bond acceptors (Lipinski definition) is 2. The van der Waals surface area contributed by atoms with Crippen molar-refractivity contribution < 1.29 is 13.2 Å². The van der Waals surface area contributed by atoms with E-state index in [1.807, 2.05) is 0 Å². The van der Waals surface area contributed by atoms with Gasteiger partial charge < -0.3 is 10.2 Å². The van der Waals surface area contributed by atoms with Crippen molar-refractivity contribution in [2.24, 2.45) is 0 Å². The minimum absolute atomic E-state index is 0.114. The van der Waals surface area contributed by atoms with E-state index in [9.17, 15) is 13.2 Å². The number of fused-ring (bicyclic) bond motifs is 2. The van der Waals surface area contributed by atoms with Gasteiger partial charge in [0.15, 0.2) is 0 Å². The molecule has 21 heavy (non-hydrogen) atoms. The summed E-state index contributed by atoms with van der Waals surface area (Å²) in [6.07, 6.45) is -0.0553. The lowest BCUT2D eigenvalue weighted by atomic mass is 9.97. The summed E-state index contributed by atoms with van der Waals surface area (Å²) in [4.78, 5) is 2.40. The third kappa shape index (κ3) is 3.14. The van der Waals surface area contributed by atoms with E-state index >= 15 is 0 Å². The van der Waals surface area contributed by atoms with Crippen molar-refractivity contribution in [3.63, 3.8) is 0 Å². The van der Waals surface area contributed by atoms with E-state index in [-0.39, 0.29) is 11.1 Å². The van der Waals surface area contributed by atoms with Crippen LogP contribution in [0.25, 0.3) is 0 Å². The first-order chi connectivity index (χ1) is 9.83. The highest BCUT2D eigenvalue weighted by Gasteiger charge is 2.38. The zero-order valence-electron chi connectivity index (χ0n) is 11.8. The molecule has 1 aromatic rings. The Kier molecular flexibility index (Phi) is 3.82. The Morgan fingerprint density at radius 3 is 2.33 bits per heavy atom. The van der Waals surface area contributed by atoms with Crippen LogP contribution < -0.4 is 5.32 Å². The van der Waals surface area contributed by atoms with E-state index in [2.05, 4.69) is 17.3 Å². The van der Waals surface area contributed by atoms with Crippen LogP contribution in [0.1, 0.15) is 31.2 Å². The van der Waals surface area contributed by atoms with Crippen LogP contribution in [-0.4, -0.2) is 30.1 Å². The van der Waals surface area contributed by atoms with E-state index in [4.69, 9.17) is 11.6 Å². The lowest BCUT2D eigenvalue weighted by molar-refractivity contribution is -0.137. The summed E-state index contributed by atoms with van der Waals surface area (Å²) < 4.78 is 38.5. The summed E-state index contributed by atoms with van der Waals surface area (Å²) in [5.74, 6) is 0. The number of benzene rings is 1. The highest BCUT2D eigenvalue weighted by Crippen LogP contribution is 2.37. The van der Waals surface area contributed by atoms with Crippen molar-refractivity contribution in [2.75, 3.05) is 12.4 Å². The SMILES string of the molecule is CN1C2CCC1CC(Nc1cc(Cl)cc(C(F)(F)F)c1)C2. The second-order valence-corrected chi connectivity index (χ2v) is 6.53. The molecule has 3 rings (SSSR count). The Morgan fingerprint density at radius 2 is 1.76 bits per heavy atom. The van der Waals surface area contributed by atoms with Crippen molar-refractivity contribution in [1.29, 1.82) is 0 Å². The number of halogens is 4. The van der Waals surface area contributed by atoms with E-state index in [0.717, 1.165) is 25.0 Å². The zero-order chi connectivity index (χ0) is 15.2. The molecule has 2 heterocycles. The van der Waals surface area contributed by atoms with Gasteiger partial charge in [-0.2, -0.15) is 13.2 Å². The summed E-state index contributed by atoms with van der Waals surface area (Å²) in [7, 11) is 2.14. The molecule has 0 radical (unpaired) electrons. The van der Waals surface area contributed by atoms with Crippen LogP contribution in [0.4, 0.5) is 18.9 Å². The maximum atomic E-state index is 12.8. The minimum atomic E-state index is -4.37. The Balaban J connectivity index is 1.75. The Hall–Kier alpha value is -0.940. The summed E-state index contributed by atoms with van der Waals surface area (Å²) in [5, 5.41) is 3.36. The number of rotatable bonds is 2. The lowest BCUT2D eigenvalue weighted by Crippen LogP contribution is -2.44. The number of nitrogens with zero attached hydrogens (tertiary/aromatic N) is 1. The minimum Gasteiger partial charge on any atom is -0.382 e. The molecule has 2 unspecified atom stereocenters. The van der Waals surface area contributed by atoms with Gasteiger partial charge in [-0.15, -0.1) is 0 Å². The first-order valence-corrected chi connectivity index (χ1v) is 7.57. The van der Waals surface area contributed by atoms with Crippen LogP contribution in [0.3, 0.4) is 0 Å². The Labute approximate surface area is 127 Å². The fourth-order valence-electron chi connectivity index (χ4n) is 3.60. The molecule has 1 N–H and O–H groups in total. The third-order valence-electron chi connectivity index (χ3n) is 4.69. The molecule has 2 saturated heterocycles. The molecule has 0 spiro atoms. The third-order valence-corrected chi connectivity index (χ3v) is 4.91. The van der Waals surface area contributed by atoms with Crippen molar-refractivity contribution in [1.82, 2.24) is 4.90 Å². The van der Waals surface area contributed by atoms with Crippen LogP contribution >= 0.6 is 11.6 Å². The molecule has 1 aromatic carbocycles. The second-order valence-electron chi connectivity index (χ2n) is 6.09. The Bertz CT molecular complexity index is 518. The molecule has 6 heteroatoms. The van der Waals surface area contributed by atoms with Gasteiger partial charge in [0.1, 0.15) is 0 Å². The topological polar surface area (TPSA) is 15.3 Å². The number of hydrogen-bond donors (Lipinski definition) is 1. The summed E-state index contributed by atoms with van der Waals surface area (Å²) in [6, 6.07) is 4.98. The fraction of sp³-hybridized carbons (Fsp3) is 0.600. The molecule has 2 aliphatic rings. The van der Waals surface area contributed by atoms with Gasteiger partial charge in [0.05, 0.1) is 5.56 Å². The van der Waals surface area contributed by atoms with Crippen LogP contribution in [0.5, 0.6) is 0 Å². The highest BCUT2D eigenvalue weighted by atomic mass is 35.5. The molecular weight excluding hydrogens is 301 g/mol. The smallest absolute Gasteiger partial charge is 0.382 e. The summed E-state index contributed by atoms with van der Waals surface area (Å²) in [5.41, 5.74) is -0.239. The lowest BCUT2D eigenvalue weighted by Gasteiger charge is -2.37. The molecule has 116 valence electrons. The van der Waals surface area contributed by atoms with E-state index in [0.29, 0.717) is 17.8 Å². The molecule has 0 saturated carbocycles. The van der Waals surface area contributed by atoms with Gasteiger partial charge in [-0.3, -0.25) is 0 Å². The predicted octanol–water partition coefficient (Wildman–Crippen LogP) is 4.40. The quantitative estimate of drug-likeness (QED) is 0.869. The molecule has 0 aromatic heterocycles. The number of piperidine rings is 1. The number of nitrogens with one attached hydrogen (secondary N) is 1. The van der Waals surface area contributed by atoms with Crippen molar-refractivity contribution in [2.45, 2.75) is 50.0 Å². The van der Waals surface area contributed by atoms with Gasteiger partial charge in [0, 0.05) is 28.8 Å². The first-order valence-electron chi connectivity index (χ1n) is 7.19. The van der Waals surface area contributed by atoms with E-state index in [1.165, 1.54) is 12.8 Å². The average molecular weight is 319 g/mol. The molecule has 2 bridgehead atoms. The molecule has 0 amide bonds. The van der Waals surface area contributed by atoms with Gasteiger partial charge in [0.2, 0.25) is 0 Å². The van der Waals surface area contributed by atoms with Gasteiger partial charge in [-0.1, -0.05) is 11.6 Å².